The highest BCUT2D eigenvalue weighted by Gasteiger charge is 2.15. The van der Waals surface area contributed by atoms with Gasteiger partial charge in [0.1, 0.15) is 22.3 Å². The molecule has 0 aliphatic carbocycles. The Morgan fingerprint density at radius 1 is 0.333 bits per heavy atom. The van der Waals surface area contributed by atoms with Crippen LogP contribution in [0.1, 0.15) is 5.56 Å². The van der Waals surface area contributed by atoms with Gasteiger partial charge in [-0.05, 0) is 76.7 Å². The summed E-state index contributed by atoms with van der Waals surface area (Å²) in [7, 11) is 0. The largest absolute Gasteiger partial charge is 0.456 e. The van der Waals surface area contributed by atoms with Crippen LogP contribution in [0.15, 0.2) is 136 Å². The first-order valence-corrected chi connectivity index (χ1v) is 13.3. The molecule has 2 heteroatoms. The monoisotopic (exact) mass is 500 g/mol. The van der Waals surface area contributed by atoms with Gasteiger partial charge in [-0.2, -0.15) is 0 Å². The molecule has 184 valence electrons. The lowest BCUT2D eigenvalue weighted by atomic mass is 9.97. The van der Waals surface area contributed by atoms with E-state index in [1.54, 1.807) is 0 Å². The van der Waals surface area contributed by atoms with E-state index >= 15 is 0 Å². The van der Waals surface area contributed by atoms with Gasteiger partial charge in [-0.15, -0.1) is 0 Å². The van der Waals surface area contributed by atoms with Gasteiger partial charge in [0.25, 0.3) is 0 Å². The molecule has 0 N–H and O–H groups in total. The summed E-state index contributed by atoms with van der Waals surface area (Å²) in [5.74, 6) is 0. The van der Waals surface area contributed by atoms with Crippen molar-refractivity contribution in [1.82, 2.24) is 0 Å². The van der Waals surface area contributed by atoms with Crippen LogP contribution in [0.2, 0.25) is 0 Å². The van der Waals surface area contributed by atoms with Crippen molar-refractivity contribution in [3.8, 4) is 33.4 Å². The van der Waals surface area contributed by atoms with Crippen LogP contribution in [-0.2, 0) is 0 Å². The zero-order valence-electron chi connectivity index (χ0n) is 21.4. The molecule has 0 radical (unpaired) electrons. The first kappa shape index (κ1) is 22.0. The fourth-order valence-corrected chi connectivity index (χ4v) is 5.66. The average Bonchev–Trinajstić information content (AvgIpc) is 3.53. The quantitative estimate of drug-likeness (QED) is 0.241. The lowest BCUT2D eigenvalue weighted by Crippen LogP contribution is -1.81. The van der Waals surface area contributed by atoms with Gasteiger partial charge in [-0.3, -0.25) is 0 Å². The Balaban J connectivity index is 1.28. The Bertz CT molecular complexity index is 2160. The maximum absolute atomic E-state index is 6.28. The van der Waals surface area contributed by atoms with Gasteiger partial charge in [-0.1, -0.05) is 90.5 Å². The standard InChI is InChI=1S/C37H24O2/c1-23-10-12-25(13-11-23)28-14-16-34-30(19-28)32-21-33-31-20-29(15-17-35(31)39-37(33)22-36(32)38-34)27-9-5-8-26(18-27)24-6-3-2-4-7-24/h2-22H,1H3. The predicted molar refractivity (Wildman–Crippen MR) is 162 cm³/mol. The molecule has 0 bridgehead atoms. The summed E-state index contributed by atoms with van der Waals surface area (Å²) >= 11 is 0. The third kappa shape index (κ3) is 3.65. The maximum atomic E-state index is 6.28. The Labute approximate surface area is 225 Å². The number of aryl methyl sites for hydroxylation is 1. The van der Waals surface area contributed by atoms with E-state index in [4.69, 9.17) is 8.83 Å². The highest BCUT2D eigenvalue weighted by molar-refractivity contribution is 6.16. The van der Waals surface area contributed by atoms with Crippen LogP contribution in [0, 0.1) is 6.92 Å². The minimum absolute atomic E-state index is 0.838. The van der Waals surface area contributed by atoms with Crippen molar-refractivity contribution in [2.45, 2.75) is 6.92 Å². The van der Waals surface area contributed by atoms with E-state index < -0.39 is 0 Å². The van der Waals surface area contributed by atoms with E-state index in [-0.39, 0.29) is 0 Å². The van der Waals surface area contributed by atoms with Crippen LogP contribution < -0.4 is 0 Å². The van der Waals surface area contributed by atoms with Crippen molar-refractivity contribution in [2.75, 3.05) is 0 Å². The molecule has 0 atom stereocenters. The molecule has 2 nitrogen and oxygen atoms in total. The van der Waals surface area contributed by atoms with Crippen LogP contribution in [0.5, 0.6) is 0 Å². The van der Waals surface area contributed by atoms with Crippen LogP contribution in [0.25, 0.3) is 77.3 Å². The summed E-state index contributed by atoms with van der Waals surface area (Å²) in [6.07, 6.45) is 0. The molecule has 0 aliphatic heterocycles. The Morgan fingerprint density at radius 2 is 0.795 bits per heavy atom. The molecule has 0 aliphatic rings. The highest BCUT2D eigenvalue weighted by atomic mass is 16.3. The van der Waals surface area contributed by atoms with Crippen molar-refractivity contribution in [3.05, 3.63) is 133 Å². The molecule has 6 aromatic carbocycles. The summed E-state index contributed by atoms with van der Waals surface area (Å²) in [5.41, 5.74) is 11.9. The third-order valence-electron chi connectivity index (χ3n) is 7.75. The fourth-order valence-electron chi connectivity index (χ4n) is 5.66. The molecule has 0 saturated heterocycles. The summed E-state index contributed by atoms with van der Waals surface area (Å²) in [6.45, 7) is 2.11. The number of furan rings is 2. The zero-order chi connectivity index (χ0) is 25.9. The van der Waals surface area contributed by atoms with Crippen LogP contribution in [-0.4, -0.2) is 0 Å². The number of rotatable bonds is 3. The molecule has 0 amide bonds. The van der Waals surface area contributed by atoms with E-state index in [2.05, 4.69) is 128 Å². The van der Waals surface area contributed by atoms with Gasteiger partial charge >= 0.3 is 0 Å². The summed E-state index contributed by atoms with van der Waals surface area (Å²) < 4.78 is 12.5. The smallest absolute Gasteiger partial charge is 0.139 e. The normalized spacial score (nSPS) is 11.7. The summed E-state index contributed by atoms with van der Waals surface area (Å²) in [4.78, 5) is 0. The molecular weight excluding hydrogens is 476 g/mol. The van der Waals surface area contributed by atoms with E-state index in [1.165, 1.54) is 38.9 Å². The molecule has 0 fully saturated rings. The third-order valence-corrected chi connectivity index (χ3v) is 7.75. The van der Waals surface area contributed by atoms with Gasteiger partial charge in [0, 0.05) is 27.6 Å². The van der Waals surface area contributed by atoms with Crippen LogP contribution in [0.3, 0.4) is 0 Å². The van der Waals surface area contributed by atoms with Crippen molar-refractivity contribution < 1.29 is 8.83 Å². The summed E-state index contributed by atoms with van der Waals surface area (Å²) in [6, 6.07) is 45.1. The van der Waals surface area contributed by atoms with Crippen molar-refractivity contribution in [3.63, 3.8) is 0 Å². The molecule has 8 rings (SSSR count). The molecular formula is C37H24O2. The van der Waals surface area contributed by atoms with Gasteiger partial charge in [0.05, 0.1) is 0 Å². The van der Waals surface area contributed by atoms with Crippen molar-refractivity contribution in [1.29, 1.82) is 0 Å². The molecule has 0 saturated carbocycles. The van der Waals surface area contributed by atoms with Crippen LogP contribution in [0.4, 0.5) is 0 Å². The topological polar surface area (TPSA) is 26.3 Å². The number of benzene rings is 6. The molecule has 0 unspecified atom stereocenters. The number of hydrogen-bond acceptors (Lipinski definition) is 2. The van der Waals surface area contributed by atoms with Gasteiger partial charge in [0.2, 0.25) is 0 Å². The van der Waals surface area contributed by atoms with E-state index in [9.17, 15) is 0 Å². The first-order valence-electron chi connectivity index (χ1n) is 13.3. The van der Waals surface area contributed by atoms with E-state index in [0.29, 0.717) is 0 Å². The second kappa shape index (κ2) is 8.47. The molecule has 2 aromatic heterocycles. The first-order chi connectivity index (χ1) is 19.2. The Hall–Kier alpha value is -5.08. The predicted octanol–water partition coefficient (Wildman–Crippen LogP) is 10.8. The van der Waals surface area contributed by atoms with Crippen molar-refractivity contribution in [2.24, 2.45) is 0 Å². The molecule has 0 spiro atoms. The van der Waals surface area contributed by atoms with Gasteiger partial charge in [0.15, 0.2) is 0 Å². The lowest BCUT2D eigenvalue weighted by molar-refractivity contribution is 0.656. The average molecular weight is 501 g/mol. The zero-order valence-corrected chi connectivity index (χ0v) is 21.4. The van der Waals surface area contributed by atoms with Gasteiger partial charge in [-0.25, -0.2) is 0 Å². The lowest BCUT2D eigenvalue weighted by Gasteiger charge is -2.06. The second-order valence-electron chi connectivity index (χ2n) is 10.3. The second-order valence-corrected chi connectivity index (χ2v) is 10.3. The Kier molecular flexibility index (Phi) is 4.77. The number of hydrogen-bond donors (Lipinski definition) is 0. The minimum atomic E-state index is 0.838. The highest BCUT2D eigenvalue weighted by Crippen LogP contribution is 2.39. The SMILES string of the molecule is Cc1ccc(-c2ccc3oc4cc5oc6ccc(-c7cccc(-c8ccccc8)c7)cc6c5cc4c3c2)cc1. The molecule has 2 heterocycles. The van der Waals surface area contributed by atoms with Crippen molar-refractivity contribution >= 4 is 43.9 Å². The van der Waals surface area contributed by atoms with Gasteiger partial charge < -0.3 is 8.83 Å². The molecule has 8 aromatic rings. The van der Waals surface area contributed by atoms with Crippen LogP contribution >= 0.6 is 0 Å². The summed E-state index contributed by atoms with van der Waals surface area (Å²) in [5, 5.41) is 4.43. The number of fused-ring (bicyclic) bond motifs is 6. The minimum Gasteiger partial charge on any atom is -0.456 e. The van der Waals surface area contributed by atoms with E-state index in [0.717, 1.165) is 43.9 Å². The molecule has 39 heavy (non-hydrogen) atoms. The van der Waals surface area contributed by atoms with E-state index in [1.807, 2.05) is 6.07 Å². The maximum Gasteiger partial charge on any atom is 0.139 e. The Morgan fingerprint density at radius 3 is 1.44 bits per heavy atom. The fraction of sp³-hybridized carbons (Fsp3) is 0.0270.